The number of furan rings is 2. The second-order valence-corrected chi connectivity index (χ2v) is 9.53. The first kappa shape index (κ1) is 21.6. The molecule has 0 saturated carbocycles. The Bertz CT molecular complexity index is 2010. The minimum absolute atomic E-state index is 0.641. The normalized spacial score (nSPS) is 11.6. The second kappa shape index (κ2) is 8.57. The minimum atomic E-state index is 0.641. The SMILES string of the molecule is c1ccc(-c2ccc(N(c3ccc4oc5ncccc5c4c3)c3ccc4oc5ncccc5c4c3)cc2)cc1. The number of fused-ring (bicyclic) bond motifs is 6. The average Bonchev–Trinajstić information content (AvgIpc) is 3.56. The van der Waals surface area contributed by atoms with Crippen LogP contribution < -0.4 is 4.90 Å². The molecule has 0 aliphatic heterocycles. The van der Waals surface area contributed by atoms with Crippen molar-refractivity contribution in [3.8, 4) is 11.1 Å². The molecule has 0 amide bonds. The summed E-state index contributed by atoms with van der Waals surface area (Å²) in [6, 6.07) is 39.7. The summed E-state index contributed by atoms with van der Waals surface area (Å²) in [6.07, 6.45) is 3.51. The van der Waals surface area contributed by atoms with E-state index in [9.17, 15) is 0 Å². The molecule has 0 aliphatic rings. The number of nitrogens with zero attached hydrogens (tertiary/aromatic N) is 3. The zero-order chi connectivity index (χ0) is 25.8. The van der Waals surface area contributed by atoms with Crippen LogP contribution in [0.1, 0.15) is 0 Å². The number of pyridine rings is 2. The summed E-state index contributed by atoms with van der Waals surface area (Å²) < 4.78 is 12.0. The molecule has 0 spiro atoms. The molecule has 8 rings (SSSR count). The number of hydrogen-bond donors (Lipinski definition) is 0. The lowest BCUT2D eigenvalue weighted by molar-refractivity contribution is 0.654. The highest BCUT2D eigenvalue weighted by Crippen LogP contribution is 2.41. The summed E-state index contributed by atoms with van der Waals surface area (Å²) in [6.45, 7) is 0. The second-order valence-electron chi connectivity index (χ2n) is 9.53. The van der Waals surface area contributed by atoms with Crippen LogP contribution in [0, 0.1) is 0 Å². The van der Waals surface area contributed by atoms with E-state index < -0.39 is 0 Å². The quantitative estimate of drug-likeness (QED) is 0.239. The van der Waals surface area contributed by atoms with Gasteiger partial charge < -0.3 is 13.7 Å². The van der Waals surface area contributed by atoms with Crippen molar-refractivity contribution in [2.45, 2.75) is 0 Å². The summed E-state index contributed by atoms with van der Waals surface area (Å²) in [5.41, 5.74) is 8.36. The predicted molar refractivity (Wildman–Crippen MR) is 157 cm³/mol. The molecule has 4 aromatic carbocycles. The Hall–Kier alpha value is -5.42. The Kier molecular flexibility index (Phi) is 4.76. The van der Waals surface area contributed by atoms with Crippen molar-refractivity contribution in [2.24, 2.45) is 0 Å². The summed E-state index contributed by atoms with van der Waals surface area (Å²) >= 11 is 0. The van der Waals surface area contributed by atoms with Gasteiger partial charge in [-0.05, 0) is 83.9 Å². The van der Waals surface area contributed by atoms with Gasteiger partial charge in [0.25, 0.3) is 0 Å². The van der Waals surface area contributed by atoms with Crippen LogP contribution in [0.25, 0.3) is 55.3 Å². The number of benzene rings is 4. The highest BCUT2D eigenvalue weighted by molar-refractivity contribution is 6.07. The summed E-state index contributed by atoms with van der Waals surface area (Å²) in [4.78, 5) is 11.1. The summed E-state index contributed by atoms with van der Waals surface area (Å²) in [7, 11) is 0. The van der Waals surface area contributed by atoms with Crippen LogP contribution in [0.15, 0.2) is 136 Å². The molecule has 4 aromatic heterocycles. The van der Waals surface area contributed by atoms with Crippen molar-refractivity contribution in [2.75, 3.05) is 4.90 Å². The van der Waals surface area contributed by atoms with Crippen LogP contribution in [0.3, 0.4) is 0 Å². The van der Waals surface area contributed by atoms with Gasteiger partial charge in [0.2, 0.25) is 11.4 Å². The molecule has 0 bridgehead atoms. The van der Waals surface area contributed by atoms with Gasteiger partial charge in [-0.1, -0.05) is 42.5 Å². The van der Waals surface area contributed by atoms with Gasteiger partial charge in [-0.3, -0.25) is 0 Å². The topological polar surface area (TPSA) is 55.3 Å². The fraction of sp³-hybridized carbons (Fsp3) is 0. The van der Waals surface area contributed by atoms with E-state index in [1.165, 1.54) is 11.1 Å². The monoisotopic (exact) mass is 503 g/mol. The molecule has 0 atom stereocenters. The van der Waals surface area contributed by atoms with E-state index in [0.717, 1.165) is 49.8 Å². The van der Waals surface area contributed by atoms with E-state index in [4.69, 9.17) is 8.83 Å². The fourth-order valence-electron chi connectivity index (χ4n) is 5.36. The molecule has 5 heteroatoms. The molecule has 8 aromatic rings. The van der Waals surface area contributed by atoms with Crippen LogP contribution in [0.5, 0.6) is 0 Å². The van der Waals surface area contributed by atoms with Gasteiger partial charge in [-0.2, -0.15) is 0 Å². The molecule has 184 valence electrons. The van der Waals surface area contributed by atoms with Gasteiger partial charge in [-0.15, -0.1) is 0 Å². The van der Waals surface area contributed by atoms with E-state index in [1.54, 1.807) is 12.4 Å². The smallest absolute Gasteiger partial charge is 0.227 e. The maximum atomic E-state index is 6.01. The van der Waals surface area contributed by atoms with Gasteiger partial charge in [0.1, 0.15) is 11.2 Å². The Labute approximate surface area is 223 Å². The van der Waals surface area contributed by atoms with Gasteiger partial charge in [-0.25, -0.2) is 9.97 Å². The summed E-state index contributed by atoms with van der Waals surface area (Å²) in [5.74, 6) is 0. The largest absolute Gasteiger partial charge is 0.438 e. The Morgan fingerprint density at radius 2 is 0.949 bits per heavy atom. The van der Waals surface area contributed by atoms with Crippen LogP contribution in [-0.2, 0) is 0 Å². The van der Waals surface area contributed by atoms with E-state index >= 15 is 0 Å². The van der Waals surface area contributed by atoms with Crippen molar-refractivity contribution in [1.82, 2.24) is 9.97 Å². The standard InChI is InChI=1S/C34H21N3O2/c1-2-6-22(7-3-1)23-10-12-24(13-11-23)37(25-14-16-31-29(20-25)27-8-4-18-35-33(27)38-31)26-15-17-32-30(21-26)28-9-5-19-36-34(28)39-32/h1-21H. The molecule has 5 nitrogen and oxygen atoms in total. The van der Waals surface area contributed by atoms with Gasteiger partial charge in [0.05, 0.1) is 0 Å². The average molecular weight is 504 g/mol. The molecule has 0 radical (unpaired) electrons. The van der Waals surface area contributed by atoms with Crippen LogP contribution in [0.4, 0.5) is 17.1 Å². The lowest BCUT2D eigenvalue weighted by Gasteiger charge is -2.26. The van der Waals surface area contributed by atoms with Crippen LogP contribution >= 0.6 is 0 Å². The summed E-state index contributed by atoms with van der Waals surface area (Å²) in [5, 5.41) is 4.05. The molecule has 0 aliphatic carbocycles. The minimum Gasteiger partial charge on any atom is -0.438 e. The zero-order valence-corrected chi connectivity index (χ0v) is 20.8. The maximum absolute atomic E-state index is 6.01. The number of aromatic nitrogens is 2. The molecule has 0 unspecified atom stereocenters. The van der Waals surface area contributed by atoms with Gasteiger partial charge in [0.15, 0.2) is 0 Å². The molecular formula is C34H21N3O2. The lowest BCUT2D eigenvalue weighted by Crippen LogP contribution is -2.09. The molecule has 39 heavy (non-hydrogen) atoms. The third-order valence-electron chi connectivity index (χ3n) is 7.21. The molecule has 0 fully saturated rings. The maximum Gasteiger partial charge on any atom is 0.227 e. The van der Waals surface area contributed by atoms with Crippen molar-refractivity contribution < 1.29 is 8.83 Å². The number of anilines is 3. The van der Waals surface area contributed by atoms with Crippen molar-refractivity contribution >= 4 is 61.2 Å². The molecule has 0 saturated heterocycles. The molecule has 0 N–H and O–H groups in total. The number of rotatable bonds is 4. The molecule has 4 heterocycles. The lowest BCUT2D eigenvalue weighted by atomic mass is 10.0. The molecular weight excluding hydrogens is 482 g/mol. The fourth-order valence-corrected chi connectivity index (χ4v) is 5.36. The van der Waals surface area contributed by atoms with Crippen molar-refractivity contribution in [3.05, 3.63) is 128 Å². The highest BCUT2D eigenvalue weighted by atomic mass is 16.3. The third-order valence-corrected chi connectivity index (χ3v) is 7.21. The van der Waals surface area contributed by atoms with E-state index in [2.05, 4.69) is 87.7 Å². The first-order chi connectivity index (χ1) is 19.3. The van der Waals surface area contributed by atoms with E-state index in [-0.39, 0.29) is 0 Å². The predicted octanol–water partition coefficient (Wildman–Crippen LogP) is 9.41. The van der Waals surface area contributed by atoms with E-state index in [0.29, 0.717) is 11.4 Å². The van der Waals surface area contributed by atoms with E-state index in [1.807, 2.05) is 42.5 Å². The first-order valence-corrected chi connectivity index (χ1v) is 12.8. The Morgan fingerprint density at radius 1 is 0.436 bits per heavy atom. The van der Waals surface area contributed by atoms with Crippen LogP contribution in [0.2, 0.25) is 0 Å². The van der Waals surface area contributed by atoms with Crippen molar-refractivity contribution in [1.29, 1.82) is 0 Å². The zero-order valence-electron chi connectivity index (χ0n) is 20.8. The van der Waals surface area contributed by atoms with Gasteiger partial charge in [0, 0.05) is 51.0 Å². The first-order valence-electron chi connectivity index (χ1n) is 12.8. The highest BCUT2D eigenvalue weighted by Gasteiger charge is 2.18. The van der Waals surface area contributed by atoms with Crippen LogP contribution in [-0.4, -0.2) is 9.97 Å². The Balaban J connectivity index is 1.33. The Morgan fingerprint density at radius 3 is 1.51 bits per heavy atom. The van der Waals surface area contributed by atoms with Gasteiger partial charge >= 0.3 is 0 Å². The van der Waals surface area contributed by atoms with Crippen molar-refractivity contribution in [3.63, 3.8) is 0 Å². The third kappa shape index (κ3) is 3.55. The number of hydrogen-bond acceptors (Lipinski definition) is 5.